The summed E-state index contributed by atoms with van der Waals surface area (Å²) in [5.74, 6) is 0. The van der Waals surface area contributed by atoms with Gasteiger partial charge in [0, 0.05) is 55.5 Å². The van der Waals surface area contributed by atoms with E-state index in [1.54, 1.807) is 0 Å². The second-order valence-corrected chi connectivity index (χ2v) is 16.1. The molecule has 0 spiro atoms. The third-order valence-corrected chi connectivity index (χ3v) is 13.0. The molecule has 0 saturated heterocycles. The van der Waals surface area contributed by atoms with E-state index in [4.69, 9.17) is 0 Å². The van der Waals surface area contributed by atoms with Crippen LogP contribution >= 0.6 is 11.3 Å². The molecule has 3 nitrogen and oxygen atoms in total. The van der Waals surface area contributed by atoms with Gasteiger partial charge in [0.15, 0.2) is 0 Å². The van der Waals surface area contributed by atoms with Crippen LogP contribution in [-0.2, 0) is 6.42 Å². The Kier molecular flexibility index (Phi) is 9.55. The predicted octanol–water partition coefficient (Wildman–Crippen LogP) is 15.5. The zero-order chi connectivity index (χ0) is 40.7. The highest BCUT2D eigenvalue weighted by Crippen LogP contribution is 2.55. The standard InChI is InChI=1S/C39H28N2S.C17H15N/c1-3-23-13-4-5-14-24(23)33-34-29-18-9-11-22-32(29)42-39(34)38-35(36(33)40-2)30-20-12-19-28-26-16-7-6-15-25(26)27-17-8-10-21-31(27)41(38)37(28)30;1-14(15-9-5-3-6-10-15)13-17(18-2)16-11-7-4-8-12-16/h4-22,40H,3H2,1-2H3;3-13H,1-2H2/b;17-13-. The lowest BCUT2D eigenvalue weighted by molar-refractivity contribution is 1.14. The highest BCUT2D eigenvalue weighted by molar-refractivity contribution is 7.26. The molecule has 0 radical (unpaired) electrons. The zero-order valence-electron chi connectivity index (χ0n) is 33.7. The Morgan fingerprint density at radius 1 is 0.600 bits per heavy atom. The quantitative estimate of drug-likeness (QED) is 0.126. The third-order valence-electron chi connectivity index (χ3n) is 11.8. The second kappa shape index (κ2) is 15.5. The average Bonchev–Trinajstić information content (AvgIpc) is 3.84. The second-order valence-electron chi connectivity index (χ2n) is 15.1. The first-order chi connectivity index (χ1) is 29.6. The van der Waals surface area contributed by atoms with Gasteiger partial charge in [-0.2, -0.15) is 0 Å². The number of aliphatic imine (C=N–C) groups is 1. The van der Waals surface area contributed by atoms with Crippen LogP contribution in [0.5, 0.6) is 0 Å². The summed E-state index contributed by atoms with van der Waals surface area (Å²) in [7, 11) is 2.09. The van der Waals surface area contributed by atoms with Gasteiger partial charge in [-0.3, -0.25) is 4.99 Å². The van der Waals surface area contributed by atoms with Crippen molar-refractivity contribution in [3.05, 3.63) is 205 Å². The number of hydrogen-bond acceptors (Lipinski definition) is 3. The summed E-state index contributed by atoms with van der Waals surface area (Å²) < 4.78 is 5.23. The van der Waals surface area contributed by atoms with Gasteiger partial charge in [-0.05, 0) is 64.7 Å². The first kappa shape index (κ1) is 37.0. The van der Waals surface area contributed by atoms with E-state index in [0.717, 1.165) is 28.8 Å². The van der Waals surface area contributed by atoms with E-state index >= 15 is 0 Å². The van der Waals surface area contributed by atoms with Crippen LogP contribution in [0.4, 0.5) is 5.69 Å². The van der Waals surface area contributed by atoms with Gasteiger partial charge in [-0.15, -0.1) is 11.3 Å². The van der Waals surface area contributed by atoms with Gasteiger partial charge in [-0.1, -0.05) is 177 Å². The number of allylic oxidation sites excluding steroid dienone is 2. The maximum atomic E-state index is 4.07. The minimum absolute atomic E-state index is 0.837. The molecule has 0 bridgehead atoms. The molecule has 0 unspecified atom stereocenters. The summed E-state index contributed by atoms with van der Waals surface area (Å²) in [6.45, 7) is 9.96. The van der Waals surface area contributed by atoms with Crippen LogP contribution in [0, 0.1) is 0 Å². The average molecular weight is 790 g/mol. The largest absolute Gasteiger partial charge is 0.387 e. The number of rotatable bonds is 7. The van der Waals surface area contributed by atoms with Crippen LogP contribution < -0.4 is 5.32 Å². The van der Waals surface area contributed by atoms with Gasteiger partial charge in [0.05, 0.1) is 32.8 Å². The molecule has 11 rings (SSSR count). The molecule has 0 saturated carbocycles. The lowest BCUT2D eigenvalue weighted by atomic mass is 9.90. The van der Waals surface area contributed by atoms with E-state index in [9.17, 15) is 0 Å². The van der Waals surface area contributed by atoms with Gasteiger partial charge in [0.25, 0.3) is 0 Å². The number of nitrogens with zero attached hydrogens (tertiary/aromatic N) is 2. The minimum Gasteiger partial charge on any atom is -0.387 e. The molecule has 1 aliphatic rings. The Balaban J connectivity index is 0.000000203. The van der Waals surface area contributed by atoms with Gasteiger partial charge in [0.2, 0.25) is 0 Å². The van der Waals surface area contributed by atoms with Crippen LogP contribution in [0.15, 0.2) is 194 Å². The molecule has 10 aromatic rings. The van der Waals surface area contributed by atoms with Crippen molar-refractivity contribution >= 4 is 77.0 Å². The van der Waals surface area contributed by atoms with E-state index < -0.39 is 0 Å². The number of aromatic nitrogens is 1. The number of para-hydroxylation sites is 2. The van der Waals surface area contributed by atoms with Crippen molar-refractivity contribution in [1.82, 2.24) is 4.57 Å². The van der Waals surface area contributed by atoms with Crippen molar-refractivity contribution in [2.45, 2.75) is 13.3 Å². The van der Waals surface area contributed by atoms with Crippen LogP contribution in [0.25, 0.3) is 92.3 Å². The number of hydrogen-bond donors (Lipinski definition) is 1. The maximum absolute atomic E-state index is 4.07. The number of anilines is 1. The number of aryl methyl sites for hydroxylation is 1. The minimum atomic E-state index is 0.837. The van der Waals surface area contributed by atoms with E-state index in [2.05, 4.69) is 157 Å². The molecule has 1 aliphatic heterocycles. The van der Waals surface area contributed by atoms with Gasteiger partial charge in [-0.25, -0.2) is 0 Å². The fourth-order valence-corrected chi connectivity index (χ4v) is 10.4. The molecule has 8 aromatic carbocycles. The summed E-state index contributed by atoms with van der Waals surface area (Å²) >= 11 is 1.92. The van der Waals surface area contributed by atoms with Crippen LogP contribution in [0.1, 0.15) is 23.6 Å². The highest BCUT2D eigenvalue weighted by atomic mass is 32.1. The molecule has 0 aliphatic carbocycles. The normalized spacial score (nSPS) is 11.8. The van der Waals surface area contributed by atoms with Gasteiger partial charge < -0.3 is 9.88 Å². The van der Waals surface area contributed by atoms with E-state index in [1.165, 1.54) is 92.3 Å². The molecule has 288 valence electrons. The van der Waals surface area contributed by atoms with Crippen LogP contribution in [0.3, 0.4) is 0 Å². The van der Waals surface area contributed by atoms with E-state index in [1.807, 2.05) is 78.1 Å². The van der Waals surface area contributed by atoms with E-state index in [-0.39, 0.29) is 0 Å². The van der Waals surface area contributed by atoms with Crippen molar-refractivity contribution in [2.75, 3.05) is 12.4 Å². The van der Waals surface area contributed by atoms with Crippen LogP contribution in [0.2, 0.25) is 0 Å². The van der Waals surface area contributed by atoms with E-state index in [0.29, 0.717) is 0 Å². The van der Waals surface area contributed by atoms with Gasteiger partial charge >= 0.3 is 0 Å². The predicted molar refractivity (Wildman–Crippen MR) is 262 cm³/mol. The fourth-order valence-electron chi connectivity index (χ4n) is 9.14. The first-order valence-corrected chi connectivity index (χ1v) is 21.3. The third kappa shape index (κ3) is 5.99. The number of benzene rings is 8. The maximum Gasteiger partial charge on any atom is 0.0741 e. The smallest absolute Gasteiger partial charge is 0.0741 e. The summed E-state index contributed by atoms with van der Waals surface area (Å²) in [5.41, 5.74) is 18.0. The summed E-state index contributed by atoms with van der Waals surface area (Å²) in [4.78, 5) is 4.07. The molecular formula is C56H43N3S. The number of fused-ring (bicyclic) bond motifs is 12. The zero-order valence-corrected chi connectivity index (χ0v) is 34.6. The monoisotopic (exact) mass is 789 g/mol. The fraction of sp³-hybridized carbons (Fsp3) is 0.0536. The Morgan fingerprint density at radius 3 is 1.90 bits per heavy atom. The SMILES string of the molecule is C=N/C(=C\C(=C)c1ccccc1)c1ccccc1.CCc1ccccc1-c1c(NC)c2c3cccc4c3n(c2c2sc3ccccc3c12)-c1ccccc1-c1ccccc1-4. The molecule has 3 heterocycles. The summed E-state index contributed by atoms with van der Waals surface area (Å²) in [6.07, 6.45) is 2.94. The first-order valence-electron chi connectivity index (χ1n) is 20.5. The summed E-state index contributed by atoms with van der Waals surface area (Å²) in [5, 5.41) is 9.00. The molecule has 4 heteroatoms. The van der Waals surface area contributed by atoms with Crippen LogP contribution in [-0.4, -0.2) is 18.3 Å². The van der Waals surface area contributed by atoms with Crippen molar-refractivity contribution in [3.63, 3.8) is 0 Å². The topological polar surface area (TPSA) is 29.3 Å². The number of thiophene rings is 1. The Morgan fingerprint density at radius 2 is 1.18 bits per heavy atom. The number of nitrogens with one attached hydrogen (secondary N) is 1. The van der Waals surface area contributed by atoms with Crippen molar-refractivity contribution < 1.29 is 0 Å². The summed E-state index contributed by atoms with van der Waals surface area (Å²) in [6, 6.07) is 62.6. The lowest BCUT2D eigenvalue weighted by Crippen LogP contribution is -1.99. The molecule has 0 atom stereocenters. The van der Waals surface area contributed by atoms with Gasteiger partial charge in [0.1, 0.15) is 0 Å². The van der Waals surface area contributed by atoms with Crippen molar-refractivity contribution in [1.29, 1.82) is 0 Å². The molecule has 2 aromatic heterocycles. The van der Waals surface area contributed by atoms with Crippen molar-refractivity contribution in [2.24, 2.45) is 4.99 Å². The lowest BCUT2D eigenvalue weighted by Gasteiger charge is -2.18. The molecule has 0 amide bonds. The molecular weight excluding hydrogens is 747 g/mol. The Hall–Kier alpha value is -7.27. The molecule has 0 fully saturated rings. The van der Waals surface area contributed by atoms with Crippen molar-refractivity contribution in [3.8, 4) is 39.1 Å². The molecule has 60 heavy (non-hydrogen) atoms. The molecule has 1 N–H and O–H groups in total. The Labute approximate surface area is 354 Å². The highest BCUT2D eigenvalue weighted by Gasteiger charge is 2.30. The Bertz CT molecular complexity index is 3310.